The smallest absolute Gasteiger partial charge is 0.235 e. The number of hydrogen-bond donors (Lipinski definition) is 0. The number of likely N-dealkylation sites (tertiary alicyclic amines) is 1. The largest absolute Gasteiger partial charge is 0.299 e. The summed E-state index contributed by atoms with van der Waals surface area (Å²) in [5.74, 6) is 0. The molecule has 0 aromatic heterocycles. The van der Waals surface area contributed by atoms with Gasteiger partial charge >= 0.3 is 0 Å². The first kappa shape index (κ1) is 10.4. The molecule has 74 valence electrons. The van der Waals surface area contributed by atoms with Crippen LogP contribution >= 0.6 is 0 Å². The van der Waals surface area contributed by atoms with Crippen LogP contribution in [-0.4, -0.2) is 35.7 Å². The van der Waals surface area contributed by atoms with Crippen molar-refractivity contribution in [3.63, 3.8) is 0 Å². The Morgan fingerprint density at radius 2 is 2.00 bits per heavy atom. The predicted molar refractivity (Wildman–Crippen MR) is 52.5 cm³/mol. The fraction of sp³-hybridized carbons (Fsp3) is 0.900. The van der Waals surface area contributed by atoms with Crippen molar-refractivity contribution in [3.05, 3.63) is 0 Å². The summed E-state index contributed by atoms with van der Waals surface area (Å²) in [7, 11) is 2.08. The standard InChI is InChI=1S/C10H18N2O/c1-9(2)10(3,11-8-13)6-5-7-12(9)4/h5-7H2,1-4H3. The van der Waals surface area contributed by atoms with Gasteiger partial charge in [-0.3, -0.25) is 4.90 Å². The van der Waals surface area contributed by atoms with Gasteiger partial charge in [-0.15, -0.1) is 0 Å². The molecule has 0 radical (unpaired) electrons. The van der Waals surface area contributed by atoms with Crippen LogP contribution in [0.5, 0.6) is 0 Å². The molecule has 0 saturated carbocycles. The molecule has 3 heteroatoms. The Balaban J connectivity index is 3.01. The zero-order valence-electron chi connectivity index (χ0n) is 8.92. The molecule has 1 heterocycles. The topological polar surface area (TPSA) is 32.7 Å². The average molecular weight is 182 g/mol. The van der Waals surface area contributed by atoms with Gasteiger partial charge in [-0.25, -0.2) is 4.79 Å². The van der Waals surface area contributed by atoms with E-state index in [1.165, 1.54) is 0 Å². The average Bonchev–Trinajstić information content (AvgIpc) is 2.02. The van der Waals surface area contributed by atoms with E-state index in [-0.39, 0.29) is 11.1 Å². The summed E-state index contributed by atoms with van der Waals surface area (Å²) in [5, 5.41) is 0. The quantitative estimate of drug-likeness (QED) is 0.455. The van der Waals surface area contributed by atoms with Crippen LogP contribution in [0.15, 0.2) is 4.99 Å². The van der Waals surface area contributed by atoms with Gasteiger partial charge in [0.25, 0.3) is 0 Å². The lowest BCUT2D eigenvalue weighted by Gasteiger charge is -2.50. The molecule has 13 heavy (non-hydrogen) atoms. The van der Waals surface area contributed by atoms with Crippen LogP contribution in [0.3, 0.4) is 0 Å². The number of rotatable bonds is 1. The highest BCUT2D eigenvalue weighted by molar-refractivity contribution is 5.36. The maximum absolute atomic E-state index is 10.4. The summed E-state index contributed by atoms with van der Waals surface area (Å²) in [6.45, 7) is 7.38. The van der Waals surface area contributed by atoms with Gasteiger partial charge in [-0.2, -0.15) is 4.99 Å². The highest BCUT2D eigenvalue weighted by atomic mass is 16.1. The highest BCUT2D eigenvalue weighted by Gasteiger charge is 2.46. The van der Waals surface area contributed by atoms with Gasteiger partial charge in [-0.1, -0.05) is 0 Å². The molecule has 3 nitrogen and oxygen atoms in total. The number of isocyanates is 1. The second-order valence-corrected chi connectivity index (χ2v) is 4.56. The van der Waals surface area contributed by atoms with Crippen LogP contribution in [-0.2, 0) is 4.79 Å². The Kier molecular flexibility index (Phi) is 2.60. The first-order valence-corrected chi connectivity index (χ1v) is 4.74. The van der Waals surface area contributed by atoms with E-state index >= 15 is 0 Å². The molecule has 0 aromatic carbocycles. The number of carbonyl (C=O) groups excluding carboxylic acids is 1. The third-order valence-corrected chi connectivity index (χ3v) is 3.72. The maximum atomic E-state index is 10.4. The normalized spacial score (nSPS) is 33.8. The Bertz CT molecular complexity index is 243. The van der Waals surface area contributed by atoms with E-state index in [4.69, 9.17) is 0 Å². The minimum Gasteiger partial charge on any atom is -0.299 e. The van der Waals surface area contributed by atoms with Crippen molar-refractivity contribution >= 4 is 6.08 Å². The number of nitrogens with zero attached hydrogens (tertiary/aromatic N) is 2. The molecule has 0 bridgehead atoms. The summed E-state index contributed by atoms with van der Waals surface area (Å²) < 4.78 is 0. The van der Waals surface area contributed by atoms with Crippen molar-refractivity contribution in [3.8, 4) is 0 Å². The molecule has 0 amide bonds. The van der Waals surface area contributed by atoms with Crippen molar-refractivity contribution in [1.82, 2.24) is 4.90 Å². The van der Waals surface area contributed by atoms with Crippen molar-refractivity contribution in [2.45, 2.75) is 44.7 Å². The Morgan fingerprint density at radius 1 is 1.38 bits per heavy atom. The number of piperidine rings is 1. The van der Waals surface area contributed by atoms with E-state index in [0.29, 0.717) is 0 Å². The molecule has 1 saturated heterocycles. The maximum Gasteiger partial charge on any atom is 0.235 e. The zero-order valence-corrected chi connectivity index (χ0v) is 8.92. The summed E-state index contributed by atoms with van der Waals surface area (Å²) in [4.78, 5) is 16.6. The van der Waals surface area contributed by atoms with Gasteiger partial charge in [-0.05, 0) is 47.2 Å². The molecule has 1 fully saturated rings. The SMILES string of the molecule is CN1CCCC(C)(N=C=O)C1(C)C. The lowest BCUT2D eigenvalue weighted by atomic mass is 9.74. The number of aliphatic imine (C=N–C) groups is 1. The Hall–Kier alpha value is -0.660. The molecular formula is C10H18N2O. The molecule has 1 aliphatic rings. The lowest BCUT2D eigenvalue weighted by Crippen LogP contribution is -2.60. The molecule has 0 aromatic rings. The number of hydrogen-bond acceptors (Lipinski definition) is 3. The van der Waals surface area contributed by atoms with E-state index in [1.807, 2.05) is 6.92 Å². The fourth-order valence-electron chi connectivity index (χ4n) is 1.95. The molecule has 1 rings (SSSR count). The van der Waals surface area contributed by atoms with Crippen molar-refractivity contribution in [2.75, 3.05) is 13.6 Å². The van der Waals surface area contributed by atoms with Crippen LogP contribution in [0.1, 0.15) is 33.6 Å². The van der Waals surface area contributed by atoms with E-state index in [9.17, 15) is 4.79 Å². The van der Waals surface area contributed by atoms with Crippen LogP contribution in [0, 0.1) is 0 Å². The number of likely N-dealkylation sites (N-methyl/N-ethyl adjacent to an activating group) is 1. The second kappa shape index (κ2) is 3.24. The first-order chi connectivity index (χ1) is 5.94. The van der Waals surface area contributed by atoms with Crippen LogP contribution < -0.4 is 0 Å². The van der Waals surface area contributed by atoms with Crippen molar-refractivity contribution in [1.29, 1.82) is 0 Å². The van der Waals surface area contributed by atoms with E-state index in [2.05, 4.69) is 30.8 Å². The molecule has 1 aliphatic heterocycles. The molecule has 0 spiro atoms. The van der Waals surface area contributed by atoms with Crippen molar-refractivity contribution in [2.24, 2.45) is 4.99 Å². The van der Waals surface area contributed by atoms with Gasteiger partial charge < -0.3 is 0 Å². The van der Waals surface area contributed by atoms with Crippen molar-refractivity contribution < 1.29 is 4.79 Å². The first-order valence-electron chi connectivity index (χ1n) is 4.74. The van der Waals surface area contributed by atoms with Crippen LogP contribution in [0.2, 0.25) is 0 Å². The fourth-order valence-corrected chi connectivity index (χ4v) is 1.95. The van der Waals surface area contributed by atoms with Gasteiger partial charge in [0.15, 0.2) is 0 Å². The summed E-state index contributed by atoms with van der Waals surface area (Å²) in [5.41, 5.74) is -0.329. The van der Waals surface area contributed by atoms with Gasteiger partial charge in [0.2, 0.25) is 6.08 Å². The van der Waals surface area contributed by atoms with Crippen LogP contribution in [0.4, 0.5) is 0 Å². The monoisotopic (exact) mass is 182 g/mol. The second-order valence-electron chi connectivity index (χ2n) is 4.56. The summed E-state index contributed by atoms with van der Waals surface area (Å²) in [6.07, 6.45) is 3.77. The minimum atomic E-state index is -0.276. The lowest BCUT2D eigenvalue weighted by molar-refractivity contribution is 0.0340. The van der Waals surface area contributed by atoms with Gasteiger partial charge in [0.05, 0.1) is 5.54 Å². The third kappa shape index (κ3) is 1.54. The van der Waals surface area contributed by atoms with Crippen LogP contribution in [0.25, 0.3) is 0 Å². The van der Waals surface area contributed by atoms with E-state index in [0.717, 1.165) is 19.4 Å². The van der Waals surface area contributed by atoms with Gasteiger partial charge in [0, 0.05) is 5.54 Å². The molecular weight excluding hydrogens is 164 g/mol. The summed E-state index contributed by atoms with van der Waals surface area (Å²) in [6, 6.07) is 0. The molecule has 1 atom stereocenters. The predicted octanol–water partition coefficient (Wildman–Crippen LogP) is 1.59. The van der Waals surface area contributed by atoms with Gasteiger partial charge in [0.1, 0.15) is 0 Å². The molecule has 0 aliphatic carbocycles. The zero-order chi connectivity index (χ0) is 10.1. The Morgan fingerprint density at radius 3 is 2.54 bits per heavy atom. The third-order valence-electron chi connectivity index (χ3n) is 3.72. The minimum absolute atomic E-state index is 0.0529. The Labute approximate surface area is 79.8 Å². The van der Waals surface area contributed by atoms with E-state index < -0.39 is 0 Å². The summed E-state index contributed by atoms with van der Waals surface area (Å²) >= 11 is 0. The van der Waals surface area contributed by atoms with E-state index in [1.54, 1.807) is 6.08 Å². The molecule has 0 N–H and O–H groups in total. The highest BCUT2D eigenvalue weighted by Crippen LogP contribution is 2.38. The molecule has 1 unspecified atom stereocenters.